The molecule has 5 rings (SSSR count). The van der Waals surface area contributed by atoms with Crippen LogP contribution in [0.5, 0.6) is 5.75 Å². The van der Waals surface area contributed by atoms with E-state index in [-0.39, 0.29) is 5.91 Å². The van der Waals surface area contributed by atoms with Crippen LogP contribution in [0.25, 0.3) is 22.6 Å². The van der Waals surface area contributed by atoms with Gasteiger partial charge in [0.05, 0.1) is 31.5 Å². The molecule has 9 nitrogen and oxygen atoms in total. The molecule has 1 saturated heterocycles. The van der Waals surface area contributed by atoms with Crippen LogP contribution < -0.4 is 4.74 Å². The lowest BCUT2D eigenvalue weighted by molar-refractivity contribution is 0.0224. The lowest BCUT2D eigenvalue weighted by Gasteiger charge is -2.45. The van der Waals surface area contributed by atoms with Crippen LogP contribution in [0, 0.1) is 11.3 Å². The molecule has 4 heterocycles. The summed E-state index contributed by atoms with van der Waals surface area (Å²) in [5, 5.41) is 21.8. The molecule has 0 saturated carbocycles. The summed E-state index contributed by atoms with van der Waals surface area (Å²) in [6.45, 7) is 3.49. The highest BCUT2D eigenvalue weighted by molar-refractivity contribution is 5.96. The minimum absolute atomic E-state index is 0.319. The van der Waals surface area contributed by atoms with Crippen LogP contribution in [-0.4, -0.2) is 60.7 Å². The van der Waals surface area contributed by atoms with Crippen molar-refractivity contribution in [2.24, 2.45) is 7.05 Å². The molecule has 35 heavy (non-hydrogen) atoms. The fourth-order valence-electron chi connectivity index (χ4n) is 4.96. The zero-order valence-electron chi connectivity index (χ0n) is 20.0. The number of nitrogens with zero attached hydrogens (tertiary/aromatic N) is 7. The normalized spacial score (nSPS) is 18.9. The largest absolute Gasteiger partial charge is 0.496 e. The molecular formula is C24H25F2N7O2. The number of amides is 1. The predicted molar refractivity (Wildman–Crippen MR) is 122 cm³/mol. The number of carbonyl (C=O) groups is 1. The van der Waals surface area contributed by atoms with Crippen LogP contribution in [0.15, 0.2) is 18.2 Å². The second-order valence-corrected chi connectivity index (χ2v) is 9.46. The highest BCUT2D eigenvalue weighted by atomic mass is 19.3. The lowest BCUT2D eigenvalue weighted by Crippen LogP contribution is -2.59. The number of nitriles is 1. The quantitative estimate of drug-likeness (QED) is 0.555. The smallest absolute Gasteiger partial charge is 0.271 e. The number of rotatable bonds is 5. The molecule has 1 fully saturated rings. The molecule has 11 heteroatoms. The first-order valence-electron chi connectivity index (χ1n) is 11.3. The number of ether oxygens (including phenoxy) is 1. The van der Waals surface area contributed by atoms with E-state index in [1.165, 1.54) is 9.70 Å². The molecule has 1 atom stereocenters. The minimum Gasteiger partial charge on any atom is -0.496 e. The summed E-state index contributed by atoms with van der Waals surface area (Å²) in [7, 11) is 3.20. The minimum atomic E-state index is -2.97. The fourth-order valence-corrected chi connectivity index (χ4v) is 4.96. The summed E-state index contributed by atoms with van der Waals surface area (Å²) in [6.07, 6.45) is 0.647. The van der Waals surface area contributed by atoms with Gasteiger partial charge in [0.1, 0.15) is 17.0 Å². The van der Waals surface area contributed by atoms with Crippen LogP contribution in [0.4, 0.5) is 8.78 Å². The van der Waals surface area contributed by atoms with Crippen LogP contribution in [0.1, 0.15) is 41.9 Å². The molecule has 1 amide bonds. The predicted octanol–water partition coefficient (Wildman–Crippen LogP) is 3.24. The molecule has 2 aromatic heterocycles. The maximum absolute atomic E-state index is 14.2. The van der Waals surface area contributed by atoms with Gasteiger partial charge in [-0.25, -0.2) is 8.78 Å². The Kier molecular flexibility index (Phi) is 5.16. The number of benzene rings is 1. The van der Waals surface area contributed by atoms with Gasteiger partial charge in [-0.15, -0.1) is 10.2 Å². The molecule has 0 radical (unpaired) electrons. The van der Waals surface area contributed by atoms with Gasteiger partial charge in [-0.05, 0) is 54.8 Å². The summed E-state index contributed by atoms with van der Waals surface area (Å²) in [5.74, 6) is -2.39. The maximum Gasteiger partial charge on any atom is 0.271 e. The van der Waals surface area contributed by atoms with E-state index in [1.54, 1.807) is 27.1 Å². The van der Waals surface area contributed by atoms with Gasteiger partial charge < -0.3 is 14.2 Å². The first kappa shape index (κ1) is 23.0. The Balaban J connectivity index is 1.69. The second-order valence-electron chi connectivity index (χ2n) is 9.46. The second kappa shape index (κ2) is 7.86. The molecule has 2 aliphatic rings. The van der Waals surface area contributed by atoms with E-state index in [4.69, 9.17) is 4.74 Å². The Labute approximate surface area is 200 Å². The van der Waals surface area contributed by atoms with E-state index in [2.05, 4.69) is 21.5 Å². The number of carbonyl (C=O) groups excluding carboxylic acids is 1. The number of hydrogen-bond acceptors (Lipinski definition) is 6. The molecule has 0 N–H and O–H groups in total. The van der Waals surface area contributed by atoms with Crippen LogP contribution >= 0.6 is 0 Å². The summed E-state index contributed by atoms with van der Waals surface area (Å²) in [4.78, 5) is 16.3. The number of aromatic nitrogens is 5. The van der Waals surface area contributed by atoms with Gasteiger partial charge in [-0.1, -0.05) is 0 Å². The summed E-state index contributed by atoms with van der Waals surface area (Å²) in [5.41, 5.74) is 2.61. The molecule has 0 aliphatic carbocycles. The Morgan fingerprint density at radius 2 is 2.06 bits per heavy atom. The van der Waals surface area contributed by atoms with Gasteiger partial charge in [-0.2, -0.15) is 10.1 Å². The zero-order valence-corrected chi connectivity index (χ0v) is 20.0. The number of halogens is 2. The zero-order chi connectivity index (χ0) is 25.1. The molecule has 0 bridgehead atoms. The topological polar surface area (TPSA) is 102 Å². The van der Waals surface area contributed by atoms with Crippen molar-refractivity contribution in [2.45, 2.75) is 51.1 Å². The third-order valence-corrected chi connectivity index (χ3v) is 6.83. The van der Waals surface area contributed by atoms with E-state index < -0.39 is 17.9 Å². The Bertz CT molecular complexity index is 1380. The highest BCUT2D eigenvalue weighted by Gasteiger charge is 2.45. The first-order valence-corrected chi connectivity index (χ1v) is 11.3. The third kappa shape index (κ3) is 3.73. The standard InChI is InChI=1S/C24H25F2N7O2/c1-23(13-27)6-8-33(23)22(34)18-9-15(12-24(2,25)26)20-16-11-17(21-28-30-31(3)29-21)19(35-4)10-14(16)5-7-32(18)20/h9-11H,5-8,12H2,1-4H3/t23-/m1/s1. The maximum atomic E-state index is 14.2. The summed E-state index contributed by atoms with van der Waals surface area (Å²) < 4.78 is 35.9. The lowest BCUT2D eigenvalue weighted by atomic mass is 9.88. The van der Waals surface area contributed by atoms with Crippen LogP contribution in [-0.2, 0) is 26.4 Å². The van der Waals surface area contributed by atoms with E-state index in [0.717, 1.165) is 18.1 Å². The van der Waals surface area contributed by atoms with Crippen LogP contribution in [0.2, 0.25) is 0 Å². The van der Waals surface area contributed by atoms with Gasteiger partial charge in [0.25, 0.3) is 5.91 Å². The summed E-state index contributed by atoms with van der Waals surface area (Å²) in [6, 6.07) is 7.45. The van der Waals surface area contributed by atoms with Crippen molar-refractivity contribution in [2.75, 3.05) is 13.7 Å². The Hall–Kier alpha value is -3.81. The third-order valence-electron chi connectivity index (χ3n) is 6.83. The van der Waals surface area contributed by atoms with Crippen molar-refractivity contribution in [3.05, 3.63) is 35.0 Å². The van der Waals surface area contributed by atoms with Crippen molar-refractivity contribution in [3.63, 3.8) is 0 Å². The molecular weight excluding hydrogens is 456 g/mol. The SMILES string of the molecule is COc1cc2c(cc1-c1nnn(C)n1)-c1c(CC(C)(F)F)cc(C(=O)N3CC[C@]3(C)C#N)n1CC2. The number of alkyl halides is 2. The number of hydrogen-bond donors (Lipinski definition) is 0. The van der Waals surface area contributed by atoms with Crippen molar-refractivity contribution in [1.29, 1.82) is 5.26 Å². The van der Waals surface area contributed by atoms with Gasteiger partial charge >= 0.3 is 0 Å². The molecule has 0 spiro atoms. The fraction of sp³-hybridized carbons (Fsp3) is 0.458. The highest BCUT2D eigenvalue weighted by Crippen LogP contribution is 2.43. The molecule has 2 aliphatic heterocycles. The Morgan fingerprint density at radius 3 is 2.63 bits per heavy atom. The van der Waals surface area contributed by atoms with Crippen molar-refractivity contribution in [3.8, 4) is 34.5 Å². The van der Waals surface area contributed by atoms with Crippen LogP contribution in [0.3, 0.4) is 0 Å². The average molecular weight is 482 g/mol. The van der Waals surface area contributed by atoms with E-state index in [9.17, 15) is 18.8 Å². The number of aryl methyl sites for hydroxylation is 2. The number of methoxy groups -OCH3 is 1. The Morgan fingerprint density at radius 1 is 1.29 bits per heavy atom. The number of fused-ring (bicyclic) bond motifs is 3. The van der Waals surface area contributed by atoms with Gasteiger partial charge in [0.2, 0.25) is 11.7 Å². The van der Waals surface area contributed by atoms with E-state index in [0.29, 0.717) is 60.0 Å². The van der Waals surface area contributed by atoms with E-state index in [1.807, 2.05) is 16.7 Å². The van der Waals surface area contributed by atoms with E-state index >= 15 is 0 Å². The number of likely N-dealkylation sites (tertiary alicyclic amines) is 1. The van der Waals surface area contributed by atoms with Gasteiger partial charge in [-0.3, -0.25) is 4.79 Å². The van der Waals surface area contributed by atoms with Crippen molar-refractivity contribution in [1.82, 2.24) is 29.7 Å². The van der Waals surface area contributed by atoms with Gasteiger partial charge in [0.15, 0.2) is 0 Å². The summed E-state index contributed by atoms with van der Waals surface area (Å²) >= 11 is 0. The molecule has 3 aromatic rings. The molecule has 1 aromatic carbocycles. The van der Waals surface area contributed by atoms with Crippen molar-refractivity contribution >= 4 is 5.91 Å². The molecule has 182 valence electrons. The van der Waals surface area contributed by atoms with Gasteiger partial charge in [0, 0.05) is 31.5 Å². The first-order chi connectivity index (χ1) is 16.5. The average Bonchev–Trinajstić information content (AvgIpc) is 3.39. The van der Waals surface area contributed by atoms with Crippen molar-refractivity contribution < 1.29 is 18.3 Å². The number of tetrazole rings is 1. The molecule has 0 unspecified atom stereocenters. The monoisotopic (exact) mass is 481 g/mol.